The fraction of sp³-hybridized carbons (Fsp3) is 0.312. The Morgan fingerprint density at radius 2 is 2.14 bits per heavy atom. The molecule has 1 aromatic carbocycles. The predicted octanol–water partition coefficient (Wildman–Crippen LogP) is 2.58. The number of carbonyl (C=O) groups excluding carboxylic acids is 1. The number of aromatic nitrogens is 2. The lowest BCUT2D eigenvalue weighted by Crippen LogP contribution is -2.45. The van der Waals surface area contributed by atoms with Crippen LogP contribution in [0.3, 0.4) is 0 Å². The largest absolute Gasteiger partial charge is 0.332 e. The highest BCUT2D eigenvalue weighted by atomic mass is 19.1. The molecule has 1 N–H and O–H groups in total. The molecule has 1 aliphatic carbocycles. The molecule has 0 unspecified atom stereocenters. The minimum Gasteiger partial charge on any atom is -0.332 e. The van der Waals surface area contributed by atoms with Crippen molar-refractivity contribution in [2.45, 2.75) is 31.2 Å². The second kappa shape index (κ2) is 5.60. The Morgan fingerprint density at radius 3 is 2.82 bits per heavy atom. The lowest BCUT2D eigenvalue weighted by Gasteiger charge is -2.21. The fourth-order valence-corrected chi connectivity index (χ4v) is 2.73. The molecule has 0 atom stereocenters. The van der Waals surface area contributed by atoms with Gasteiger partial charge in [0.25, 0.3) is 5.91 Å². The molecule has 0 radical (unpaired) electrons. The summed E-state index contributed by atoms with van der Waals surface area (Å²) in [6.07, 6.45) is 4.80. The van der Waals surface area contributed by atoms with Gasteiger partial charge in [-0.2, -0.15) is 10.4 Å². The Morgan fingerprint density at radius 1 is 1.36 bits per heavy atom. The monoisotopic (exact) mass is 298 g/mol. The summed E-state index contributed by atoms with van der Waals surface area (Å²) in [5.41, 5.74) is -0.0274. The molecule has 1 aliphatic rings. The van der Waals surface area contributed by atoms with E-state index in [1.54, 1.807) is 24.4 Å². The molecule has 6 heteroatoms. The third-order valence-electron chi connectivity index (χ3n) is 3.92. The van der Waals surface area contributed by atoms with Crippen molar-refractivity contribution in [3.63, 3.8) is 0 Å². The van der Waals surface area contributed by atoms with E-state index in [-0.39, 0.29) is 17.4 Å². The predicted molar refractivity (Wildman–Crippen MR) is 77.8 cm³/mol. The maximum atomic E-state index is 13.2. The number of nitrogens with zero attached hydrogens (tertiary/aromatic N) is 3. The van der Waals surface area contributed by atoms with Crippen molar-refractivity contribution in [1.29, 1.82) is 5.26 Å². The molecular weight excluding hydrogens is 283 g/mol. The van der Waals surface area contributed by atoms with Gasteiger partial charge in [-0.05, 0) is 49.9 Å². The standard InChI is InChI=1S/C16H15FN4O/c17-12-4-3-5-13(10-12)21-9-6-14(20-21)15(22)19-16(11-18)7-1-2-8-16/h3-6,9-10H,1-2,7-8H2,(H,19,22). The Labute approximate surface area is 127 Å². The van der Waals surface area contributed by atoms with Crippen LogP contribution in [0.25, 0.3) is 5.69 Å². The first-order valence-electron chi connectivity index (χ1n) is 7.17. The first-order chi connectivity index (χ1) is 10.6. The van der Waals surface area contributed by atoms with Crippen molar-refractivity contribution in [2.24, 2.45) is 0 Å². The van der Waals surface area contributed by atoms with E-state index in [9.17, 15) is 14.4 Å². The number of amides is 1. The second-order valence-electron chi connectivity index (χ2n) is 5.48. The molecule has 3 rings (SSSR count). The lowest BCUT2D eigenvalue weighted by molar-refractivity contribution is 0.0915. The van der Waals surface area contributed by atoms with E-state index >= 15 is 0 Å². The Bertz CT molecular complexity index is 741. The Hall–Kier alpha value is -2.68. The molecule has 0 aliphatic heterocycles. The minimum atomic E-state index is -0.778. The molecule has 1 heterocycles. The zero-order valence-corrected chi connectivity index (χ0v) is 11.9. The van der Waals surface area contributed by atoms with Crippen LogP contribution in [0.5, 0.6) is 0 Å². The van der Waals surface area contributed by atoms with Crippen LogP contribution in [0.1, 0.15) is 36.2 Å². The van der Waals surface area contributed by atoms with E-state index in [1.165, 1.54) is 16.8 Å². The van der Waals surface area contributed by atoms with Crippen LogP contribution in [0.15, 0.2) is 36.5 Å². The highest BCUT2D eigenvalue weighted by Gasteiger charge is 2.36. The zero-order chi connectivity index (χ0) is 15.6. The van der Waals surface area contributed by atoms with Crippen LogP contribution in [-0.2, 0) is 0 Å². The summed E-state index contributed by atoms with van der Waals surface area (Å²) in [6, 6.07) is 9.72. The molecule has 2 aromatic rings. The minimum absolute atomic E-state index is 0.214. The van der Waals surface area contributed by atoms with Crippen molar-refractivity contribution in [1.82, 2.24) is 15.1 Å². The van der Waals surface area contributed by atoms with Gasteiger partial charge >= 0.3 is 0 Å². The van der Waals surface area contributed by atoms with Gasteiger partial charge in [-0.1, -0.05) is 6.07 Å². The molecule has 1 aromatic heterocycles. The van der Waals surface area contributed by atoms with Crippen LogP contribution in [-0.4, -0.2) is 21.2 Å². The first kappa shape index (κ1) is 14.3. The highest BCUT2D eigenvalue weighted by molar-refractivity contribution is 5.93. The van der Waals surface area contributed by atoms with Gasteiger partial charge in [0.2, 0.25) is 0 Å². The summed E-state index contributed by atoms with van der Waals surface area (Å²) in [5, 5.41) is 16.2. The Balaban J connectivity index is 1.79. The smallest absolute Gasteiger partial charge is 0.273 e. The number of halogens is 1. The number of nitriles is 1. The number of carbonyl (C=O) groups is 1. The van der Waals surface area contributed by atoms with Crippen molar-refractivity contribution in [3.05, 3.63) is 48.0 Å². The van der Waals surface area contributed by atoms with Gasteiger partial charge in [0, 0.05) is 6.20 Å². The number of nitrogens with one attached hydrogen (secondary N) is 1. The van der Waals surface area contributed by atoms with Crippen LogP contribution in [0, 0.1) is 17.1 Å². The quantitative estimate of drug-likeness (QED) is 0.946. The van der Waals surface area contributed by atoms with Gasteiger partial charge in [0.15, 0.2) is 5.69 Å². The molecular formula is C16H15FN4O. The van der Waals surface area contributed by atoms with Crippen LogP contribution < -0.4 is 5.32 Å². The molecule has 112 valence electrons. The molecule has 1 fully saturated rings. The molecule has 0 saturated heterocycles. The maximum absolute atomic E-state index is 13.2. The lowest BCUT2D eigenvalue weighted by atomic mass is 10.00. The summed E-state index contributed by atoms with van der Waals surface area (Å²) in [6.45, 7) is 0. The van der Waals surface area contributed by atoms with E-state index < -0.39 is 5.54 Å². The van der Waals surface area contributed by atoms with Gasteiger partial charge in [-0.25, -0.2) is 9.07 Å². The van der Waals surface area contributed by atoms with E-state index in [1.807, 2.05) is 0 Å². The topological polar surface area (TPSA) is 70.7 Å². The maximum Gasteiger partial charge on any atom is 0.273 e. The summed E-state index contributed by atoms with van der Waals surface area (Å²) in [5.74, 6) is -0.744. The molecule has 22 heavy (non-hydrogen) atoms. The van der Waals surface area contributed by atoms with E-state index in [0.29, 0.717) is 18.5 Å². The van der Waals surface area contributed by atoms with Crippen LogP contribution in [0.4, 0.5) is 4.39 Å². The third kappa shape index (κ3) is 2.70. The average molecular weight is 298 g/mol. The average Bonchev–Trinajstić information content (AvgIpc) is 3.17. The van der Waals surface area contributed by atoms with Gasteiger partial charge in [-0.15, -0.1) is 0 Å². The van der Waals surface area contributed by atoms with Gasteiger partial charge in [0.05, 0.1) is 11.8 Å². The summed E-state index contributed by atoms with van der Waals surface area (Å²) < 4.78 is 14.7. The van der Waals surface area contributed by atoms with Gasteiger partial charge in [0.1, 0.15) is 11.4 Å². The SMILES string of the molecule is N#CC1(NC(=O)c2ccn(-c3cccc(F)c3)n2)CCCC1. The molecule has 0 spiro atoms. The highest BCUT2D eigenvalue weighted by Crippen LogP contribution is 2.29. The molecule has 1 saturated carbocycles. The third-order valence-corrected chi connectivity index (χ3v) is 3.92. The number of hydrogen-bond donors (Lipinski definition) is 1. The van der Waals surface area contributed by atoms with Crippen LogP contribution in [0.2, 0.25) is 0 Å². The summed E-state index contributed by atoms with van der Waals surface area (Å²) in [4.78, 5) is 12.3. The number of hydrogen-bond acceptors (Lipinski definition) is 3. The van der Waals surface area contributed by atoms with Crippen molar-refractivity contribution < 1.29 is 9.18 Å². The summed E-state index contributed by atoms with van der Waals surface area (Å²) >= 11 is 0. The van der Waals surface area contributed by atoms with Crippen LogP contribution >= 0.6 is 0 Å². The van der Waals surface area contributed by atoms with Crippen molar-refractivity contribution in [3.8, 4) is 11.8 Å². The number of rotatable bonds is 3. The normalized spacial score (nSPS) is 16.2. The van der Waals surface area contributed by atoms with Crippen molar-refractivity contribution >= 4 is 5.91 Å². The molecule has 1 amide bonds. The Kier molecular flexibility index (Phi) is 3.63. The summed E-state index contributed by atoms with van der Waals surface area (Å²) in [7, 11) is 0. The van der Waals surface area contributed by atoms with E-state index in [2.05, 4.69) is 16.5 Å². The fourth-order valence-electron chi connectivity index (χ4n) is 2.73. The first-order valence-corrected chi connectivity index (χ1v) is 7.17. The van der Waals surface area contributed by atoms with E-state index in [4.69, 9.17) is 0 Å². The number of benzene rings is 1. The second-order valence-corrected chi connectivity index (χ2v) is 5.48. The zero-order valence-electron chi connectivity index (χ0n) is 11.9. The van der Waals surface area contributed by atoms with E-state index in [0.717, 1.165) is 12.8 Å². The van der Waals surface area contributed by atoms with Gasteiger partial charge in [-0.3, -0.25) is 4.79 Å². The molecule has 0 bridgehead atoms. The van der Waals surface area contributed by atoms with Gasteiger partial charge < -0.3 is 5.32 Å². The van der Waals surface area contributed by atoms with Crippen molar-refractivity contribution in [2.75, 3.05) is 0 Å². The molecule has 5 nitrogen and oxygen atoms in total.